The maximum absolute atomic E-state index is 12.1. The largest absolute Gasteiger partial charge is 0.398 e. The van der Waals surface area contributed by atoms with Gasteiger partial charge in [-0.2, -0.15) is 8.78 Å². The summed E-state index contributed by atoms with van der Waals surface area (Å²) in [5.74, 6) is -3.50. The van der Waals surface area contributed by atoms with Crippen molar-refractivity contribution < 1.29 is 17.2 Å². The normalized spacial score (nSPS) is 11.8. The van der Waals surface area contributed by atoms with Crippen LogP contribution in [0.15, 0.2) is 12.1 Å². The quantitative estimate of drug-likeness (QED) is 0.827. The summed E-state index contributed by atoms with van der Waals surface area (Å²) in [5, 5.41) is 0.0950. The first-order valence-corrected chi connectivity index (χ1v) is 6.02. The molecule has 1 rings (SSSR count). The molecule has 0 bridgehead atoms. The molecule has 0 aliphatic carbocycles. The molecule has 0 amide bonds. The summed E-state index contributed by atoms with van der Waals surface area (Å²) < 4.78 is 47.8. The van der Waals surface area contributed by atoms with Crippen LogP contribution in [0.25, 0.3) is 0 Å². The van der Waals surface area contributed by atoms with Crippen LogP contribution in [0, 0.1) is 6.92 Å². The molecule has 0 aromatic heterocycles. The molecular formula is C8H9ClF2N2O2S. The Bertz CT molecular complexity index is 505. The van der Waals surface area contributed by atoms with Gasteiger partial charge in [0.2, 0.25) is 0 Å². The van der Waals surface area contributed by atoms with E-state index in [-0.39, 0.29) is 16.4 Å². The number of benzene rings is 1. The van der Waals surface area contributed by atoms with Crippen molar-refractivity contribution in [2.24, 2.45) is 0 Å². The standard InChI is InChI=1S/C8H9ClF2N2O2S/c1-4-2-6(12)5(9)3-7(4)13-16(14,15)8(10)11/h2-3,8,13H,12H2,1H3. The molecule has 0 atom stereocenters. The molecule has 1 aromatic rings. The smallest absolute Gasteiger partial charge is 0.355 e. The minimum Gasteiger partial charge on any atom is -0.398 e. The Labute approximate surface area is 96.4 Å². The summed E-state index contributed by atoms with van der Waals surface area (Å²) in [6.07, 6.45) is 0. The van der Waals surface area contributed by atoms with E-state index < -0.39 is 15.8 Å². The minimum absolute atomic E-state index is 0.0144. The van der Waals surface area contributed by atoms with Gasteiger partial charge < -0.3 is 5.73 Å². The van der Waals surface area contributed by atoms with Crippen molar-refractivity contribution in [2.45, 2.75) is 12.7 Å². The third kappa shape index (κ3) is 2.73. The third-order valence-corrected chi connectivity index (χ3v) is 3.13. The average Bonchev–Trinajstić information content (AvgIpc) is 2.13. The topological polar surface area (TPSA) is 72.2 Å². The minimum atomic E-state index is -4.69. The van der Waals surface area contributed by atoms with Gasteiger partial charge in [0.1, 0.15) is 0 Å². The fourth-order valence-corrected chi connectivity index (χ4v) is 1.79. The summed E-state index contributed by atoms with van der Waals surface area (Å²) in [6, 6.07) is 2.58. The molecule has 16 heavy (non-hydrogen) atoms. The van der Waals surface area contributed by atoms with E-state index in [2.05, 4.69) is 0 Å². The highest BCUT2D eigenvalue weighted by atomic mass is 35.5. The number of nitrogens with two attached hydrogens (primary N) is 1. The Morgan fingerprint density at radius 3 is 2.50 bits per heavy atom. The van der Waals surface area contributed by atoms with Crippen LogP contribution in [0.4, 0.5) is 20.2 Å². The Morgan fingerprint density at radius 2 is 2.00 bits per heavy atom. The van der Waals surface area contributed by atoms with E-state index in [4.69, 9.17) is 17.3 Å². The lowest BCUT2D eigenvalue weighted by Crippen LogP contribution is -2.21. The van der Waals surface area contributed by atoms with Crippen molar-refractivity contribution in [1.29, 1.82) is 0 Å². The van der Waals surface area contributed by atoms with Gasteiger partial charge in [-0.3, -0.25) is 4.72 Å². The predicted molar refractivity (Wildman–Crippen MR) is 59.1 cm³/mol. The van der Waals surface area contributed by atoms with Crippen LogP contribution in [0.3, 0.4) is 0 Å². The number of sulfonamides is 1. The molecule has 1 aromatic carbocycles. The number of alkyl halides is 2. The highest BCUT2D eigenvalue weighted by Gasteiger charge is 2.24. The average molecular weight is 271 g/mol. The highest BCUT2D eigenvalue weighted by molar-refractivity contribution is 7.93. The maximum Gasteiger partial charge on any atom is 0.355 e. The summed E-state index contributed by atoms with van der Waals surface area (Å²) in [4.78, 5) is 0. The number of rotatable bonds is 3. The lowest BCUT2D eigenvalue weighted by Gasteiger charge is -2.11. The number of hydrogen-bond acceptors (Lipinski definition) is 3. The van der Waals surface area contributed by atoms with Gasteiger partial charge in [0, 0.05) is 0 Å². The Kier molecular flexibility index (Phi) is 3.59. The lowest BCUT2D eigenvalue weighted by molar-refractivity contribution is 0.236. The zero-order valence-corrected chi connectivity index (χ0v) is 9.74. The summed E-state index contributed by atoms with van der Waals surface area (Å²) in [5.41, 5.74) is 6.10. The fraction of sp³-hybridized carbons (Fsp3) is 0.250. The second-order valence-corrected chi connectivity index (χ2v) is 5.15. The van der Waals surface area contributed by atoms with E-state index in [1.807, 2.05) is 0 Å². The summed E-state index contributed by atoms with van der Waals surface area (Å²) in [7, 11) is -4.69. The van der Waals surface area contributed by atoms with Crippen molar-refractivity contribution in [3.05, 3.63) is 22.7 Å². The maximum atomic E-state index is 12.1. The molecule has 0 radical (unpaired) electrons. The number of aryl methyl sites for hydroxylation is 1. The first-order valence-electron chi connectivity index (χ1n) is 4.09. The molecule has 0 fully saturated rings. The van der Waals surface area contributed by atoms with E-state index in [1.54, 1.807) is 4.72 Å². The first-order chi connectivity index (χ1) is 7.24. The van der Waals surface area contributed by atoms with E-state index >= 15 is 0 Å². The molecular weight excluding hydrogens is 262 g/mol. The number of nitrogen functional groups attached to an aromatic ring is 1. The van der Waals surface area contributed by atoms with Crippen LogP contribution >= 0.6 is 11.6 Å². The second kappa shape index (κ2) is 4.42. The molecule has 0 aliphatic rings. The number of hydrogen-bond donors (Lipinski definition) is 2. The van der Waals surface area contributed by atoms with Crippen LogP contribution in [0.1, 0.15) is 5.56 Å². The lowest BCUT2D eigenvalue weighted by atomic mass is 10.2. The highest BCUT2D eigenvalue weighted by Crippen LogP contribution is 2.27. The number of halogens is 3. The molecule has 90 valence electrons. The second-order valence-electron chi connectivity index (χ2n) is 3.10. The van der Waals surface area contributed by atoms with Crippen molar-refractivity contribution in [1.82, 2.24) is 0 Å². The molecule has 0 aliphatic heterocycles. The Morgan fingerprint density at radius 1 is 1.44 bits per heavy atom. The van der Waals surface area contributed by atoms with Gasteiger partial charge in [-0.25, -0.2) is 8.42 Å². The van der Waals surface area contributed by atoms with E-state index in [1.165, 1.54) is 19.1 Å². The van der Waals surface area contributed by atoms with Crippen LogP contribution in [-0.4, -0.2) is 14.2 Å². The fourth-order valence-electron chi connectivity index (χ4n) is 1.01. The molecule has 4 nitrogen and oxygen atoms in total. The third-order valence-electron chi connectivity index (χ3n) is 1.83. The molecule has 0 saturated heterocycles. The monoisotopic (exact) mass is 270 g/mol. The predicted octanol–water partition coefficient (Wildman–Crippen LogP) is 2.19. The zero-order valence-electron chi connectivity index (χ0n) is 8.17. The molecule has 8 heteroatoms. The molecule has 0 spiro atoms. The Balaban J connectivity index is 3.13. The van der Waals surface area contributed by atoms with Crippen LogP contribution in [0.2, 0.25) is 5.02 Å². The van der Waals surface area contributed by atoms with E-state index in [0.29, 0.717) is 5.56 Å². The van der Waals surface area contributed by atoms with Crippen molar-refractivity contribution in [3.8, 4) is 0 Å². The van der Waals surface area contributed by atoms with Gasteiger partial charge in [-0.05, 0) is 24.6 Å². The first kappa shape index (κ1) is 13.0. The van der Waals surface area contributed by atoms with Gasteiger partial charge in [0.25, 0.3) is 10.0 Å². The van der Waals surface area contributed by atoms with Gasteiger partial charge in [-0.15, -0.1) is 0 Å². The van der Waals surface area contributed by atoms with Crippen LogP contribution < -0.4 is 10.5 Å². The van der Waals surface area contributed by atoms with Gasteiger partial charge in [-0.1, -0.05) is 11.6 Å². The SMILES string of the molecule is Cc1cc(N)c(Cl)cc1NS(=O)(=O)C(F)F. The van der Waals surface area contributed by atoms with E-state index in [0.717, 1.165) is 0 Å². The van der Waals surface area contributed by atoms with Crippen molar-refractivity contribution in [3.63, 3.8) is 0 Å². The number of anilines is 2. The van der Waals surface area contributed by atoms with Gasteiger partial charge in [0.15, 0.2) is 0 Å². The van der Waals surface area contributed by atoms with Crippen molar-refractivity contribution >= 4 is 33.0 Å². The molecule has 3 N–H and O–H groups in total. The molecule has 0 heterocycles. The zero-order chi connectivity index (χ0) is 12.5. The summed E-state index contributed by atoms with van der Waals surface area (Å²) in [6.45, 7) is 1.52. The van der Waals surface area contributed by atoms with E-state index in [9.17, 15) is 17.2 Å². The van der Waals surface area contributed by atoms with Gasteiger partial charge in [0.05, 0.1) is 16.4 Å². The van der Waals surface area contributed by atoms with Gasteiger partial charge >= 0.3 is 5.76 Å². The summed E-state index contributed by atoms with van der Waals surface area (Å²) >= 11 is 5.65. The molecule has 0 saturated carbocycles. The van der Waals surface area contributed by atoms with Crippen LogP contribution in [-0.2, 0) is 10.0 Å². The number of nitrogens with one attached hydrogen (secondary N) is 1. The molecule has 0 unspecified atom stereocenters. The van der Waals surface area contributed by atoms with Crippen molar-refractivity contribution in [2.75, 3.05) is 10.5 Å². The van der Waals surface area contributed by atoms with Crippen LogP contribution in [0.5, 0.6) is 0 Å². The Hall–Kier alpha value is -1.08.